The fourth-order valence-electron chi connectivity index (χ4n) is 2.89. The Kier molecular flexibility index (Phi) is 5.61. The number of hydrogen-bond acceptors (Lipinski definition) is 3. The van der Waals surface area contributed by atoms with Gasteiger partial charge in [0.25, 0.3) is 0 Å². The van der Waals surface area contributed by atoms with E-state index in [2.05, 4.69) is 15.3 Å². The van der Waals surface area contributed by atoms with Gasteiger partial charge in [-0.05, 0) is 29.3 Å². The van der Waals surface area contributed by atoms with E-state index in [0.717, 1.165) is 11.3 Å². The molecule has 0 aliphatic heterocycles. The summed E-state index contributed by atoms with van der Waals surface area (Å²) in [6, 6.07) is 13.1. The molecule has 0 aliphatic rings. The van der Waals surface area contributed by atoms with Gasteiger partial charge in [0.05, 0.1) is 24.6 Å². The third-order valence-corrected chi connectivity index (χ3v) is 4.18. The second kappa shape index (κ2) is 8.27. The van der Waals surface area contributed by atoms with Crippen molar-refractivity contribution in [3.8, 4) is 11.3 Å². The Labute approximate surface area is 155 Å². The number of carboxylic acids is 1. The summed E-state index contributed by atoms with van der Waals surface area (Å²) in [5.41, 5.74) is 2.57. The number of carbonyl (C=O) groups is 2. The van der Waals surface area contributed by atoms with Crippen LogP contribution in [0.3, 0.4) is 0 Å². The Morgan fingerprint density at radius 2 is 1.85 bits per heavy atom. The molecule has 27 heavy (non-hydrogen) atoms. The summed E-state index contributed by atoms with van der Waals surface area (Å²) >= 11 is 0. The molecule has 3 N–H and O–H groups in total. The predicted octanol–water partition coefficient (Wildman–Crippen LogP) is 3.80. The van der Waals surface area contributed by atoms with Crippen molar-refractivity contribution >= 4 is 17.6 Å². The third-order valence-electron chi connectivity index (χ3n) is 4.18. The minimum Gasteiger partial charge on any atom is -0.481 e. The second-order valence-corrected chi connectivity index (χ2v) is 6.11. The van der Waals surface area contributed by atoms with Gasteiger partial charge in [-0.15, -0.1) is 0 Å². The second-order valence-electron chi connectivity index (χ2n) is 6.11. The lowest BCUT2D eigenvalue weighted by molar-refractivity contribution is -0.137. The topological polar surface area (TPSA) is 95.1 Å². The van der Waals surface area contributed by atoms with Crippen molar-refractivity contribution in [3.05, 3.63) is 72.4 Å². The van der Waals surface area contributed by atoms with Crippen LogP contribution in [-0.4, -0.2) is 27.0 Å². The minimum absolute atomic E-state index is 0.129. The van der Waals surface area contributed by atoms with Crippen molar-refractivity contribution in [2.75, 3.05) is 5.32 Å². The first-order valence-corrected chi connectivity index (χ1v) is 8.38. The van der Waals surface area contributed by atoms with E-state index in [0.29, 0.717) is 5.69 Å². The van der Waals surface area contributed by atoms with Gasteiger partial charge in [-0.25, -0.2) is 9.37 Å². The quantitative estimate of drug-likeness (QED) is 0.592. The highest BCUT2D eigenvalue weighted by Crippen LogP contribution is 2.27. The van der Waals surface area contributed by atoms with E-state index in [-0.39, 0.29) is 24.3 Å². The number of amides is 1. The summed E-state index contributed by atoms with van der Waals surface area (Å²) in [7, 11) is 0. The number of aromatic amines is 1. The summed E-state index contributed by atoms with van der Waals surface area (Å²) in [5.74, 6) is -2.72. The molecular weight excluding hydrogens is 349 g/mol. The summed E-state index contributed by atoms with van der Waals surface area (Å²) in [4.78, 5) is 30.4. The van der Waals surface area contributed by atoms with Gasteiger partial charge in [0.15, 0.2) is 0 Å². The van der Waals surface area contributed by atoms with Crippen LogP contribution in [0.4, 0.5) is 10.1 Å². The van der Waals surface area contributed by atoms with Gasteiger partial charge >= 0.3 is 5.97 Å². The molecule has 1 aromatic heterocycles. The van der Waals surface area contributed by atoms with Crippen molar-refractivity contribution in [1.29, 1.82) is 0 Å². The predicted molar refractivity (Wildman–Crippen MR) is 98.7 cm³/mol. The van der Waals surface area contributed by atoms with E-state index in [4.69, 9.17) is 5.11 Å². The Bertz CT molecular complexity index is 924. The fraction of sp³-hybridized carbons (Fsp3) is 0.150. The highest BCUT2D eigenvalue weighted by molar-refractivity contribution is 5.91. The Hall–Kier alpha value is -3.48. The van der Waals surface area contributed by atoms with Crippen LogP contribution in [0.15, 0.2) is 61.1 Å². The van der Waals surface area contributed by atoms with Crippen LogP contribution >= 0.6 is 0 Å². The average Bonchev–Trinajstić information content (AvgIpc) is 3.16. The SMILES string of the molecule is O=C(O)CC(CC(=O)Nc1ccc(-c2cnc[nH]2)cc1)c1ccccc1F. The van der Waals surface area contributed by atoms with Crippen molar-refractivity contribution in [2.45, 2.75) is 18.8 Å². The fourth-order valence-corrected chi connectivity index (χ4v) is 2.89. The van der Waals surface area contributed by atoms with Crippen LogP contribution in [0.5, 0.6) is 0 Å². The normalized spacial score (nSPS) is 11.7. The molecule has 6 nitrogen and oxygen atoms in total. The highest BCUT2D eigenvalue weighted by atomic mass is 19.1. The van der Waals surface area contributed by atoms with E-state index in [1.165, 1.54) is 18.2 Å². The summed E-state index contributed by atoms with van der Waals surface area (Å²) in [6.07, 6.45) is 2.82. The van der Waals surface area contributed by atoms with E-state index < -0.39 is 17.7 Å². The third kappa shape index (κ3) is 4.78. The molecule has 0 spiro atoms. The molecule has 1 atom stereocenters. The number of nitrogens with zero attached hydrogens (tertiary/aromatic N) is 1. The zero-order valence-electron chi connectivity index (χ0n) is 14.4. The summed E-state index contributed by atoms with van der Waals surface area (Å²) < 4.78 is 14.0. The standard InChI is InChI=1S/C20H18FN3O3/c21-17-4-2-1-3-16(17)14(10-20(26)27)9-19(25)24-15-7-5-13(6-8-15)18-11-22-12-23-18/h1-8,11-12,14H,9-10H2,(H,22,23)(H,24,25)(H,26,27). The van der Waals surface area contributed by atoms with Gasteiger partial charge in [-0.2, -0.15) is 0 Å². The number of rotatable bonds is 7. The van der Waals surface area contributed by atoms with Crippen molar-refractivity contribution < 1.29 is 19.1 Å². The Morgan fingerprint density at radius 1 is 1.11 bits per heavy atom. The van der Waals surface area contributed by atoms with Crippen LogP contribution in [-0.2, 0) is 9.59 Å². The highest BCUT2D eigenvalue weighted by Gasteiger charge is 2.22. The number of carboxylic acid groups (broad SMARTS) is 1. The number of anilines is 1. The number of H-pyrrole nitrogens is 1. The van der Waals surface area contributed by atoms with E-state index in [9.17, 15) is 14.0 Å². The minimum atomic E-state index is -1.08. The molecule has 0 bridgehead atoms. The Balaban J connectivity index is 1.69. The monoisotopic (exact) mass is 367 g/mol. The number of aromatic nitrogens is 2. The largest absolute Gasteiger partial charge is 0.481 e. The first kappa shape index (κ1) is 18.3. The molecular formula is C20H18FN3O3. The van der Waals surface area contributed by atoms with Gasteiger partial charge in [0.2, 0.25) is 5.91 Å². The number of imidazole rings is 1. The molecule has 138 valence electrons. The number of halogens is 1. The van der Waals surface area contributed by atoms with Crippen molar-refractivity contribution in [1.82, 2.24) is 9.97 Å². The lowest BCUT2D eigenvalue weighted by Crippen LogP contribution is -2.18. The molecule has 0 fully saturated rings. The average molecular weight is 367 g/mol. The maximum Gasteiger partial charge on any atom is 0.303 e. The number of hydrogen-bond donors (Lipinski definition) is 3. The molecule has 2 aromatic carbocycles. The van der Waals surface area contributed by atoms with Crippen LogP contribution in [0.25, 0.3) is 11.3 Å². The summed E-state index contributed by atoms with van der Waals surface area (Å²) in [6.45, 7) is 0. The molecule has 1 unspecified atom stereocenters. The zero-order valence-corrected chi connectivity index (χ0v) is 14.4. The molecule has 3 aromatic rings. The lowest BCUT2D eigenvalue weighted by Gasteiger charge is -2.16. The molecule has 0 saturated carbocycles. The van der Waals surface area contributed by atoms with Crippen LogP contribution in [0, 0.1) is 5.82 Å². The molecule has 7 heteroatoms. The number of aliphatic carboxylic acids is 1. The molecule has 0 radical (unpaired) electrons. The van der Waals surface area contributed by atoms with E-state index in [1.54, 1.807) is 30.7 Å². The molecule has 3 rings (SSSR count). The van der Waals surface area contributed by atoms with E-state index in [1.807, 2.05) is 12.1 Å². The van der Waals surface area contributed by atoms with Crippen molar-refractivity contribution in [3.63, 3.8) is 0 Å². The number of benzene rings is 2. The van der Waals surface area contributed by atoms with Gasteiger partial charge in [-0.3, -0.25) is 9.59 Å². The van der Waals surface area contributed by atoms with E-state index >= 15 is 0 Å². The van der Waals surface area contributed by atoms with Gasteiger partial charge in [0.1, 0.15) is 5.82 Å². The number of carbonyl (C=O) groups excluding carboxylic acids is 1. The molecule has 0 aliphatic carbocycles. The van der Waals surface area contributed by atoms with Gasteiger partial charge in [0, 0.05) is 18.0 Å². The zero-order chi connectivity index (χ0) is 19.2. The maximum atomic E-state index is 14.0. The maximum absolute atomic E-state index is 14.0. The van der Waals surface area contributed by atoms with Crippen LogP contribution in [0.2, 0.25) is 0 Å². The van der Waals surface area contributed by atoms with Gasteiger partial charge in [-0.1, -0.05) is 30.3 Å². The molecule has 0 saturated heterocycles. The smallest absolute Gasteiger partial charge is 0.303 e. The Morgan fingerprint density at radius 3 is 2.48 bits per heavy atom. The first-order valence-electron chi connectivity index (χ1n) is 8.38. The molecule has 1 amide bonds. The van der Waals surface area contributed by atoms with Gasteiger partial charge < -0.3 is 15.4 Å². The summed E-state index contributed by atoms with van der Waals surface area (Å²) in [5, 5.41) is 11.8. The first-order chi connectivity index (χ1) is 13.0. The van der Waals surface area contributed by atoms with Crippen molar-refractivity contribution in [2.24, 2.45) is 0 Å². The van der Waals surface area contributed by atoms with Crippen LogP contribution in [0.1, 0.15) is 24.3 Å². The molecule has 1 heterocycles. The lowest BCUT2D eigenvalue weighted by atomic mass is 9.91. The number of nitrogens with one attached hydrogen (secondary N) is 2. The van der Waals surface area contributed by atoms with Crippen LogP contribution < -0.4 is 5.32 Å².